The Labute approximate surface area is 148 Å². The normalized spacial score (nSPS) is 19.6. The first-order chi connectivity index (χ1) is 12.2. The Morgan fingerprint density at radius 1 is 1.32 bits per heavy atom. The molecule has 3 rings (SSSR count). The fraction of sp³-hybridized carbons (Fsp3) is 0.706. The van der Waals surface area contributed by atoms with Gasteiger partial charge in [0, 0.05) is 58.1 Å². The highest BCUT2D eigenvalue weighted by Crippen LogP contribution is 2.15. The van der Waals surface area contributed by atoms with Gasteiger partial charge in [-0.05, 0) is 13.8 Å². The maximum Gasteiger partial charge on any atom is 0.240 e. The fourth-order valence-corrected chi connectivity index (χ4v) is 3.25. The van der Waals surface area contributed by atoms with E-state index in [1.54, 1.807) is 7.11 Å². The number of methoxy groups -OCH3 is 1. The lowest BCUT2D eigenvalue weighted by Gasteiger charge is -2.39. The van der Waals surface area contributed by atoms with Crippen LogP contribution < -0.4 is 0 Å². The summed E-state index contributed by atoms with van der Waals surface area (Å²) in [6.45, 7) is 10.6. The summed E-state index contributed by atoms with van der Waals surface area (Å²) < 4.78 is 12.6. The molecule has 2 aromatic heterocycles. The number of nitrogens with zero attached hydrogens (tertiary/aromatic N) is 6. The van der Waals surface area contributed by atoms with Crippen LogP contribution in [0.5, 0.6) is 0 Å². The van der Waals surface area contributed by atoms with Gasteiger partial charge in [0.05, 0.1) is 19.7 Å². The molecule has 0 saturated carbocycles. The van der Waals surface area contributed by atoms with E-state index in [0.29, 0.717) is 31.5 Å². The maximum atomic E-state index is 5.36. The van der Waals surface area contributed by atoms with E-state index < -0.39 is 0 Å². The smallest absolute Gasteiger partial charge is 0.240 e. The van der Waals surface area contributed by atoms with Crippen molar-refractivity contribution in [1.82, 2.24) is 29.5 Å². The molecule has 0 spiro atoms. The summed E-state index contributed by atoms with van der Waals surface area (Å²) in [7, 11) is 1.68. The molecule has 138 valence electrons. The molecule has 25 heavy (non-hydrogen) atoms. The zero-order valence-corrected chi connectivity index (χ0v) is 15.4. The number of aromatic nitrogens is 4. The van der Waals surface area contributed by atoms with Crippen molar-refractivity contribution in [2.24, 2.45) is 0 Å². The molecule has 2 aromatic rings. The molecule has 0 aromatic carbocycles. The van der Waals surface area contributed by atoms with Gasteiger partial charge in [0.2, 0.25) is 5.89 Å². The number of imidazole rings is 1. The highest BCUT2D eigenvalue weighted by molar-refractivity contribution is 4.94. The van der Waals surface area contributed by atoms with Crippen molar-refractivity contribution in [1.29, 1.82) is 0 Å². The predicted octanol–water partition coefficient (Wildman–Crippen LogP) is 1.18. The average molecular weight is 348 g/mol. The van der Waals surface area contributed by atoms with E-state index in [1.165, 1.54) is 0 Å². The molecule has 1 aliphatic rings. The Hall–Kier alpha value is -1.77. The van der Waals surface area contributed by atoms with Gasteiger partial charge in [0.25, 0.3) is 0 Å². The number of hydrogen-bond acceptors (Lipinski definition) is 7. The monoisotopic (exact) mass is 348 g/mol. The van der Waals surface area contributed by atoms with Crippen LogP contribution in [0.3, 0.4) is 0 Å². The van der Waals surface area contributed by atoms with E-state index in [2.05, 4.69) is 43.3 Å². The fourth-order valence-electron chi connectivity index (χ4n) is 3.25. The summed E-state index contributed by atoms with van der Waals surface area (Å²) in [4.78, 5) is 13.8. The standard InChI is InChI=1S/C17H28N6O2/c1-4-22-7-6-18-16(22)12-23-9-8-21(11-14(23)2)13-17-19-15(20-25-17)5-10-24-3/h6-7,14H,4-5,8-13H2,1-3H3/t14-/m0/s1. The Morgan fingerprint density at radius 2 is 2.20 bits per heavy atom. The van der Waals surface area contributed by atoms with Crippen LogP contribution >= 0.6 is 0 Å². The van der Waals surface area contributed by atoms with Crippen molar-refractivity contribution in [2.75, 3.05) is 33.4 Å². The van der Waals surface area contributed by atoms with Crippen molar-refractivity contribution in [2.45, 2.75) is 45.9 Å². The molecular weight excluding hydrogens is 320 g/mol. The van der Waals surface area contributed by atoms with Crippen LogP contribution in [0.15, 0.2) is 16.9 Å². The van der Waals surface area contributed by atoms with E-state index in [4.69, 9.17) is 9.26 Å². The second-order valence-corrected chi connectivity index (χ2v) is 6.53. The number of hydrogen-bond donors (Lipinski definition) is 0. The Bertz CT molecular complexity index is 655. The third-order valence-electron chi connectivity index (χ3n) is 4.73. The van der Waals surface area contributed by atoms with Gasteiger partial charge >= 0.3 is 0 Å². The predicted molar refractivity (Wildman–Crippen MR) is 92.9 cm³/mol. The van der Waals surface area contributed by atoms with Crippen LogP contribution in [-0.2, 0) is 30.8 Å². The minimum atomic E-state index is 0.464. The first-order valence-electron chi connectivity index (χ1n) is 8.96. The highest BCUT2D eigenvalue weighted by atomic mass is 16.5. The van der Waals surface area contributed by atoms with Crippen LogP contribution in [-0.4, -0.2) is 68.9 Å². The van der Waals surface area contributed by atoms with Crippen molar-refractivity contribution in [3.05, 3.63) is 29.9 Å². The largest absolute Gasteiger partial charge is 0.384 e. The number of piperazine rings is 1. The van der Waals surface area contributed by atoms with Gasteiger partial charge in [-0.3, -0.25) is 9.80 Å². The van der Waals surface area contributed by atoms with Crippen molar-refractivity contribution < 1.29 is 9.26 Å². The Balaban J connectivity index is 1.50. The second kappa shape index (κ2) is 8.55. The number of aryl methyl sites for hydroxylation is 1. The third kappa shape index (κ3) is 4.65. The molecule has 0 unspecified atom stereocenters. The summed E-state index contributed by atoms with van der Waals surface area (Å²) in [6.07, 6.45) is 4.62. The van der Waals surface area contributed by atoms with Crippen molar-refractivity contribution >= 4 is 0 Å². The molecule has 8 heteroatoms. The third-order valence-corrected chi connectivity index (χ3v) is 4.73. The molecule has 0 radical (unpaired) electrons. The summed E-state index contributed by atoms with van der Waals surface area (Å²) in [5.41, 5.74) is 0. The molecule has 8 nitrogen and oxygen atoms in total. The van der Waals surface area contributed by atoms with Gasteiger partial charge in [-0.2, -0.15) is 4.98 Å². The lowest BCUT2D eigenvalue weighted by atomic mass is 10.2. The van der Waals surface area contributed by atoms with E-state index >= 15 is 0 Å². The minimum Gasteiger partial charge on any atom is -0.384 e. The quantitative estimate of drug-likeness (QED) is 0.709. The van der Waals surface area contributed by atoms with E-state index in [-0.39, 0.29) is 0 Å². The molecular formula is C17H28N6O2. The summed E-state index contributed by atoms with van der Waals surface area (Å²) in [5.74, 6) is 2.55. The zero-order chi connectivity index (χ0) is 17.6. The Kier molecular flexibility index (Phi) is 6.17. The lowest BCUT2D eigenvalue weighted by molar-refractivity contribution is 0.0643. The van der Waals surface area contributed by atoms with Gasteiger partial charge in [0.1, 0.15) is 5.82 Å². The summed E-state index contributed by atoms with van der Waals surface area (Å²) >= 11 is 0. The molecule has 0 aliphatic carbocycles. The van der Waals surface area contributed by atoms with Gasteiger partial charge in [0.15, 0.2) is 5.82 Å². The van der Waals surface area contributed by atoms with E-state index in [0.717, 1.165) is 44.4 Å². The molecule has 3 heterocycles. The average Bonchev–Trinajstić information content (AvgIpc) is 3.24. The lowest BCUT2D eigenvalue weighted by Crippen LogP contribution is -2.51. The van der Waals surface area contributed by atoms with Crippen LogP contribution in [0.4, 0.5) is 0 Å². The van der Waals surface area contributed by atoms with Gasteiger partial charge in [-0.25, -0.2) is 4.98 Å². The molecule has 1 saturated heterocycles. The van der Waals surface area contributed by atoms with Gasteiger partial charge in [-0.1, -0.05) is 5.16 Å². The van der Waals surface area contributed by atoms with E-state index in [9.17, 15) is 0 Å². The molecule has 0 N–H and O–H groups in total. The van der Waals surface area contributed by atoms with Crippen LogP contribution in [0.1, 0.15) is 31.4 Å². The first kappa shape index (κ1) is 18.0. The minimum absolute atomic E-state index is 0.464. The SMILES string of the molecule is CCn1ccnc1CN1CCN(Cc2nc(CCOC)no2)C[C@@H]1C. The number of rotatable bonds is 8. The zero-order valence-electron chi connectivity index (χ0n) is 15.4. The molecule has 1 atom stereocenters. The molecule has 1 aliphatic heterocycles. The van der Waals surface area contributed by atoms with Crippen LogP contribution in [0.2, 0.25) is 0 Å². The maximum absolute atomic E-state index is 5.36. The first-order valence-corrected chi connectivity index (χ1v) is 8.96. The second-order valence-electron chi connectivity index (χ2n) is 6.53. The van der Waals surface area contributed by atoms with E-state index in [1.807, 2.05) is 12.4 Å². The van der Waals surface area contributed by atoms with Crippen molar-refractivity contribution in [3.8, 4) is 0 Å². The Morgan fingerprint density at radius 3 is 2.96 bits per heavy atom. The van der Waals surface area contributed by atoms with Crippen LogP contribution in [0.25, 0.3) is 0 Å². The van der Waals surface area contributed by atoms with Gasteiger partial charge in [-0.15, -0.1) is 0 Å². The summed E-state index contributed by atoms with van der Waals surface area (Å²) in [6, 6.07) is 0.464. The molecule has 1 fully saturated rings. The molecule has 0 bridgehead atoms. The van der Waals surface area contributed by atoms with Crippen molar-refractivity contribution in [3.63, 3.8) is 0 Å². The van der Waals surface area contributed by atoms with Crippen LogP contribution in [0, 0.1) is 0 Å². The summed E-state index contributed by atoms with van der Waals surface area (Å²) in [5, 5.41) is 4.01. The van der Waals surface area contributed by atoms with Gasteiger partial charge < -0.3 is 13.8 Å². The topological polar surface area (TPSA) is 72.5 Å². The number of ether oxygens (including phenoxy) is 1. The highest BCUT2D eigenvalue weighted by Gasteiger charge is 2.25. The molecule has 0 amide bonds.